The summed E-state index contributed by atoms with van der Waals surface area (Å²) < 4.78 is 0. The first-order valence-electron chi connectivity index (χ1n) is 19.1. The molecule has 0 radical (unpaired) electrons. The molecule has 7 heteroatoms. The minimum Gasteiger partial charge on any atom is -0.660 e. The quantitative estimate of drug-likeness (QED) is 0.166. The van der Waals surface area contributed by atoms with Gasteiger partial charge in [0, 0.05) is 11.4 Å². The summed E-state index contributed by atoms with van der Waals surface area (Å²) in [6.45, 7) is 25.7. The van der Waals surface area contributed by atoms with E-state index in [1.807, 2.05) is 48.5 Å². The van der Waals surface area contributed by atoms with Crippen LogP contribution in [0.1, 0.15) is 136 Å². The number of nitrogens with zero attached hydrogens (tertiary/aromatic N) is 6. The topological polar surface area (TPSA) is 100 Å². The fraction of sp³-hybridized carbons (Fsp3) is 0.333. The smallest absolute Gasteiger partial charge is 0.660 e. The van der Waals surface area contributed by atoms with Gasteiger partial charge in [0.2, 0.25) is 0 Å². The van der Waals surface area contributed by atoms with Gasteiger partial charge in [-0.15, -0.1) is 11.4 Å². The normalized spacial score (nSPS) is 15.5. The van der Waals surface area contributed by atoms with Crippen molar-refractivity contribution in [2.45, 2.75) is 109 Å². The third-order valence-electron chi connectivity index (χ3n) is 11.1. The zero-order valence-electron chi connectivity index (χ0n) is 34.8. The molecule has 2 aromatic carbocycles. The molecule has 0 bridgehead atoms. The number of rotatable bonds is 8. The first-order valence-corrected chi connectivity index (χ1v) is 19.1. The van der Waals surface area contributed by atoms with Gasteiger partial charge in [-0.3, -0.25) is 9.98 Å². The molecule has 0 saturated heterocycles. The van der Waals surface area contributed by atoms with Gasteiger partial charge in [-0.2, -0.15) is 21.9 Å². The minimum atomic E-state index is 0. The fourth-order valence-corrected chi connectivity index (χ4v) is 8.18. The van der Waals surface area contributed by atoms with E-state index in [-0.39, 0.29) is 19.5 Å². The summed E-state index contributed by atoms with van der Waals surface area (Å²) >= 11 is 0. The first kappa shape index (κ1) is 42.6. The molecule has 0 fully saturated rings. The molecule has 4 aromatic rings. The Labute approximate surface area is 341 Å². The van der Waals surface area contributed by atoms with Gasteiger partial charge in [0.15, 0.2) is 0 Å². The van der Waals surface area contributed by atoms with E-state index >= 15 is 0 Å². The third kappa shape index (κ3) is 8.15. The Balaban J connectivity index is 0.000000240. The van der Waals surface area contributed by atoms with Gasteiger partial charge in [0.25, 0.3) is 0 Å². The van der Waals surface area contributed by atoms with Gasteiger partial charge in [0.05, 0.1) is 34.7 Å². The zero-order chi connectivity index (χ0) is 39.4. The van der Waals surface area contributed by atoms with Crippen molar-refractivity contribution in [3.63, 3.8) is 0 Å². The monoisotopic (exact) mass is 776 g/mol. The van der Waals surface area contributed by atoms with Gasteiger partial charge in [-0.1, -0.05) is 88.1 Å². The van der Waals surface area contributed by atoms with Crippen LogP contribution in [-0.4, -0.2) is 11.4 Å². The third-order valence-corrected chi connectivity index (χ3v) is 11.1. The van der Waals surface area contributed by atoms with Crippen molar-refractivity contribution in [1.82, 2.24) is 9.97 Å². The standard InChI is InChI=1S/2C24H26N3.Zn/c2*1-7-20-14(3)23(26-16(20)5)22(19-11-9-18(13-25)10-12-19)24-15(4)21(8-2)17(6)27-24;/h2*9-12H,7-8H2,1-6H3;/q2*-1;+2. The average Bonchev–Trinajstić information content (AvgIpc) is 3.83. The summed E-state index contributed by atoms with van der Waals surface area (Å²) in [5.41, 5.74) is 24.1. The molecule has 6 nitrogen and oxygen atoms in total. The summed E-state index contributed by atoms with van der Waals surface area (Å²) in [5, 5.41) is 18.3. The molecular weight excluding hydrogens is 726 g/mol. The fourth-order valence-electron chi connectivity index (χ4n) is 8.18. The maximum atomic E-state index is 9.15. The van der Waals surface area contributed by atoms with Crippen LogP contribution in [0.3, 0.4) is 0 Å². The number of aliphatic imine (C=N–C) groups is 2. The van der Waals surface area contributed by atoms with Crippen molar-refractivity contribution in [2.24, 2.45) is 9.98 Å². The second-order valence-corrected chi connectivity index (χ2v) is 14.1. The Hall–Kier alpha value is -5.10. The number of benzene rings is 2. The van der Waals surface area contributed by atoms with E-state index in [0.717, 1.165) is 93.5 Å². The van der Waals surface area contributed by atoms with E-state index in [2.05, 4.69) is 95.2 Å². The Kier molecular flexibility index (Phi) is 14.0. The van der Waals surface area contributed by atoms with E-state index < -0.39 is 0 Å². The van der Waals surface area contributed by atoms with Gasteiger partial charge in [-0.05, 0) is 136 Å². The van der Waals surface area contributed by atoms with Crippen molar-refractivity contribution >= 4 is 22.6 Å². The zero-order valence-corrected chi connectivity index (χ0v) is 37.8. The van der Waals surface area contributed by atoms with Crippen LogP contribution in [0.4, 0.5) is 0 Å². The first-order chi connectivity index (χ1) is 25.8. The predicted molar refractivity (Wildman–Crippen MR) is 224 cm³/mol. The Bertz CT molecular complexity index is 2210. The van der Waals surface area contributed by atoms with Crippen LogP contribution in [0.25, 0.3) is 11.1 Å². The Morgan fingerprint density at radius 3 is 1.09 bits per heavy atom. The number of hydrogen-bond acceptors (Lipinski definition) is 4. The number of aryl methyl sites for hydroxylation is 2. The van der Waals surface area contributed by atoms with Crippen molar-refractivity contribution in [2.75, 3.05) is 0 Å². The predicted octanol–water partition coefficient (Wildman–Crippen LogP) is 11.3. The van der Waals surface area contributed by atoms with Gasteiger partial charge >= 0.3 is 19.5 Å². The SMILES string of the molecule is CCC1=C(C)C(=C(c2ccc(C#N)cc2)c2[n-]c(C)c(CC)c2C)N=C1C.CCC1=C(C)C(=C(c2ccc(C#N)cc2)c2[n-]c(C)c(CC)c2C)N=C1C.[Zn+2]. The average molecular weight is 778 g/mol. The van der Waals surface area contributed by atoms with Crippen LogP contribution in [0.15, 0.2) is 92.2 Å². The minimum absolute atomic E-state index is 0. The molecule has 276 valence electrons. The van der Waals surface area contributed by atoms with E-state index in [4.69, 9.17) is 30.5 Å². The second kappa shape index (κ2) is 18.0. The summed E-state index contributed by atoms with van der Waals surface area (Å²) in [7, 11) is 0. The molecule has 2 aliphatic rings. The second-order valence-electron chi connectivity index (χ2n) is 14.1. The van der Waals surface area contributed by atoms with Crippen LogP contribution in [0, 0.1) is 50.4 Å². The van der Waals surface area contributed by atoms with E-state index in [1.54, 1.807) is 0 Å². The molecule has 0 amide bonds. The van der Waals surface area contributed by atoms with Gasteiger partial charge < -0.3 is 9.97 Å². The maximum absolute atomic E-state index is 9.15. The number of aromatic nitrogens is 2. The molecule has 0 saturated carbocycles. The number of allylic oxidation sites excluding steroid dienone is 4. The maximum Gasteiger partial charge on any atom is 2.00 e. The van der Waals surface area contributed by atoms with Crippen molar-refractivity contribution < 1.29 is 19.5 Å². The number of nitriles is 2. The van der Waals surface area contributed by atoms with E-state index in [0.29, 0.717) is 11.1 Å². The molecule has 0 N–H and O–H groups in total. The van der Waals surface area contributed by atoms with Crippen LogP contribution in [0.5, 0.6) is 0 Å². The van der Waals surface area contributed by atoms with Crippen LogP contribution in [0.2, 0.25) is 0 Å². The largest absolute Gasteiger partial charge is 2.00 e. The molecule has 0 spiro atoms. The molecule has 4 heterocycles. The van der Waals surface area contributed by atoms with Crippen molar-refractivity contribution in [3.05, 3.63) is 150 Å². The van der Waals surface area contributed by atoms with Crippen molar-refractivity contribution in [3.8, 4) is 12.1 Å². The van der Waals surface area contributed by atoms with Gasteiger partial charge in [0.1, 0.15) is 0 Å². The summed E-state index contributed by atoms with van der Waals surface area (Å²) in [6.07, 6.45) is 3.88. The molecule has 55 heavy (non-hydrogen) atoms. The Morgan fingerprint density at radius 1 is 0.527 bits per heavy atom. The van der Waals surface area contributed by atoms with Gasteiger partial charge in [-0.25, -0.2) is 0 Å². The molecule has 0 unspecified atom stereocenters. The molecule has 2 aromatic heterocycles. The van der Waals surface area contributed by atoms with Crippen LogP contribution < -0.4 is 9.97 Å². The number of hydrogen-bond donors (Lipinski definition) is 0. The molecular formula is C48H52N6Zn. The van der Waals surface area contributed by atoms with Crippen LogP contribution >= 0.6 is 0 Å². The molecule has 2 aliphatic heterocycles. The Morgan fingerprint density at radius 2 is 0.855 bits per heavy atom. The summed E-state index contributed by atoms with van der Waals surface area (Å²) in [4.78, 5) is 19.8. The molecule has 0 aliphatic carbocycles. The van der Waals surface area contributed by atoms with E-state index in [1.165, 1.54) is 44.5 Å². The van der Waals surface area contributed by atoms with Crippen molar-refractivity contribution in [1.29, 1.82) is 10.5 Å². The summed E-state index contributed by atoms with van der Waals surface area (Å²) in [6, 6.07) is 19.9. The molecule has 0 atom stereocenters. The molecule has 6 rings (SSSR count). The van der Waals surface area contributed by atoms with Crippen LogP contribution in [-0.2, 0) is 32.3 Å². The summed E-state index contributed by atoms with van der Waals surface area (Å²) in [5.74, 6) is 0. The van der Waals surface area contributed by atoms with E-state index in [9.17, 15) is 0 Å².